The first-order chi connectivity index (χ1) is 5.72. The number of carbonyl (C=O) groups excluding carboxylic acids is 1. The third-order valence-corrected chi connectivity index (χ3v) is 2.44. The molecule has 0 aromatic heterocycles. The maximum Gasteiger partial charge on any atom is 0.171 e. The standard InChI is InChI=1S/C8H12O4/c9-6-1-2-8(5-7(6)10)11-3-4-12-8/h7,10H,1-5H2/t7-/m0/s1. The van der Waals surface area contributed by atoms with Crippen LogP contribution < -0.4 is 0 Å². The molecular weight excluding hydrogens is 160 g/mol. The summed E-state index contributed by atoms with van der Waals surface area (Å²) in [6.07, 6.45) is 0.354. The van der Waals surface area contributed by atoms with E-state index in [2.05, 4.69) is 0 Å². The Morgan fingerprint density at radius 1 is 1.42 bits per heavy atom. The van der Waals surface area contributed by atoms with Gasteiger partial charge >= 0.3 is 0 Å². The average molecular weight is 172 g/mol. The number of hydrogen-bond acceptors (Lipinski definition) is 4. The molecule has 2 rings (SSSR count). The van der Waals surface area contributed by atoms with Crippen LogP contribution in [-0.2, 0) is 14.3 Å². The molecule has 1 heterocycles. The van der Waals surface area contributed by atoms with Crippen LogP contribution in [0.4, 0.5) is 0 Å². The molecule has 1 spiro atoms. The van der Waals surface area contributed by atoms with Gasteiger partial charge in [0.05, 0.1) is 13.2 Å². The largest absolute Gasteiger partial charge is 0.385 e. The summed E-state index contributed by atoms with van der Waals surface area (Å²) in [6.45, 7) is 1.14. The fourth-order valence-corrected chi connectivity index (χ4v) is 1.75. The van der Waals surface area contributed by atoms with E-state index in [1.54, 1.807) is 0 Å². The summed E-state index contributed by atoms with van der Waals surface area (Å²) < 4.78 is 10.7. The molecule has 0 aromatic carbocycles. The summed E-state index contributed by atoms with van der Waals surface area (Å²) >= 11 is 0. The Morgan fingerprint density at radius 3 is 2.67 bits per heavy atom. The van der Waals surface area contributed by atoms with Crippen LogP contribution in [0, 0.1) is 0 Å². The lowest BCUT2D eigenvalue weighted by molar-refractivity contribution is -0.196. The molecule has 1 saturated heterocycles. The zero-order chi connectivity index (χ0) is 8.60. The molecule has 1 atom stereocenters. The molecule has 1 N–H and O–H groups in total. The molecular formula is C8H12O4. The molecule has 4 heteroatoms. The first-order valence-electron chi connectivity index (χ1n) is 4.21. The van der Waals surface area contributed by atoms with Crippen LogP contribution in [0.25, 0.3) is 0 Å². The lowest BCUT2D eigenvalue weighted by Crippen LogP contribution is -2.43. The Hall–Kier alpha value is -0.450. The van der Waals surface area contributed by atoms with Crippen LogP contribution in [0.1, 0.15) is 19.3 Å². The van der Waals surface area contributed by atoms with Gasteiger partial charge in [-0.1, -0.05) is 0 Å². The second kappa shape index (κ2) is 2.80. The van der Waals surface area contributed by atoms with E-state index in [0.717, 1.165) is 0 Å². The predicted octanol–water partition coefficient (Wildman–Crippen LogP) is -0.157. The van der Waals surface area contributed by atoms with E-state index in [1.165, 1.54) is 0 Å². The third-order valence-electron chi connectivity index (χ3n) is 2.44. The second-order valence-electron chi connectivity index (χ2n) is 3.29. The first kappa shape index (κ1) is 8.16. The number of rotatable bonds is 0. The van der Waals surface area contributed by atoms with Gasteiger partial charge in [-0.2, -0.15) is 0 Å². The van der Waals surface area contributed by atoms with Crippen LogP contribution in [-0.4, -0.2) is 36.0 Å². The Kier molecular flexibility index (Phi) is 1.90. The van der Waals surface area contributed by atoms with E-state index in [9.17, 15) is 9.90 Å². The van der Waals surface area contributed by atoms with Gasteiger partial charge in [-0.05, 0) is 0 Å². The molecule has 1 aliphatic heterocycles. The molecule has 0 unspecified atom stereocenters. The van der Waals surface area contributed by atoms with Crippen LogP contribution in [0.15, 0.2) is 0 Å². The highest BCUT2D eigenvalue weighted by Crippen LogP contribution is 2.34. The van der Waals surface area contributed by atoms with Crippen molar-refractivity contribution in [2.75, 3.05) is 13.2 Å². The van der Waals surface area contributed by atoms with Crippen molar-refractivity contribution in [1.82, 2.24) is 0 Å². The van der Waals surface area contributed by atoms with Crippen LogP contribution in [0.5, 0.6) is 0 Å². The van der Waals surface area contributed by atoms with E-state index in [4.69, 9.17) is 9.47 Å². The number of hydrogen-bond donors (Lipinski definition) is 1. The Balaban J connectivity index is 2.05. The quantitative estimate of drug-likeness (QED) is 0.551. The molecule has 1 aliphatic carbocycles. The third kappa shape index (κ3) is 1.26. The molecule has 0 amide bonds. The zero-order valence-electron chi connectivity index (χ0n) is 6.78. The van der Waals surface area contributed by atoms with Crippen molar-refractivity contribution >= 4 is 5.78 Å². The fraction of sp³-hybridized carbons (Fsp3) is 0.875. The van der Waals surface area contributed by atoms with E-state index < -0.39 is 11.9 Å². The van der Waals surface area contributed by atoms with Gasteiger partial charge in [-0.3, -0.25) is 4.79 Å². The summed E-state index contributed by atoms with van der Waals surface area (Å²) in [5.41, 5.74) is 0. The van der Waals surface area contributed by atoms with Crippen molar-refractivity contribution in [3.8, 4) is 0 Å². The number of aliphatic hydroxyl groups excluding tert-OH is 1. The normalized spacial score (nSPS) is 34.4. The highest BCUT2D eigenvalue weighted by atomic mass is 16.7. The molecule has 2 aliphatic rings. The molecule has 4 nitrogen and oxygen atoms in total. The first-order valence-corrected chi connectivity index (χ1v) is 4.21. The molecule has 68 valence electrons. The van der Waals surface area contributed by atoms with Crippen LogP contribution >= 0.6 is 0 Å². The van der Waals surface area contributed by atoms with Crippen LogP contribution in [0.2, 0.25) is 0 Å². The number of ether oxygens (including phenoxy) is 2. The van der Waals surface area contributed by atoms with E-state index in [-0.39, 0.29) is 5.78 Å². The number of Topliss-reactive ketones (excluding diaryl/α,β-unsaturated/α-hetero) is 1. The van der Waals surface area contributed by atoms with Gasteiger partial charge in [0.15, 0.2) is 11.6 Å². The summed E-state index contributed by atoms with van der Waals surface area (Å²) in [4.78, 5) is 11.0. The lowest BCUT2D eigenvalue weighted by Gasteiger charge is -2.32. The Morgan fingerprint density at radius 2 is 2.08 bits per heavy atom. The van der Waals surface area contributed by atoms with Crippen molar-refractivity contribution in [2.24, 2.45) is 0 Å². The number of ketones is 1. The van der Waals surface area contributed by atoms with Crippen molar-refractivity contribution < 1.29 is 19.4 Å². The molecule has 0 bridgehead atoms. The van der Waals surface area contributed by atoms with Gasteiger partial charge in [-0.15, -0.1) is 0 Å². The van der Waals surface area contributed by atoms with E-state index in [0.29, 0.717) is 32.5 Å². The van der Waals surface area contributed by atoms with Crippen molar-refractivity contribution in [3.63, 3.8) is 0 Å². The monoisotopic (exact) mass is 172 g/mol. The highest BCUT2D eigenvalue weighted by Gasteiger charge is 2.43. The maximum absolute atomic E-state index is 11.0. The molecule has 2 fully saturated rings. The van der Waals surface area contributed by atoms with E-state index >= 15 is 0 Å². The lowest BCUT2D eigenvalue weighted by atomic mass is 9.91. The molecule has 0 aromatic rings. The minimum absolute atomic E-state index is 0.0975. The highest BCUT2D eigenvalue weighted by molar-refractivity contribution is 5.83. The Labute approximate surface area is 70.5 Å². The predicted molar refractivity (Wildman–Crippen MR) is 39.5 cm³/mol. The smallest absolute Gasteiger partial charge is 0.171 e. The van der Waals surface area contributed by atoms with Gasteiger partial charge in [-0.25, -0.2) is 0 Å². The van der Waals surface area contributed by atoms with Gasteiger partial charge in [0.1, 0.15) is 6.10 Å². The molecule has 0 radical (unpaired) electrons. The summed E-state index contributed by atoms with van der Waals surface area (Å²) in [7, 11) is 0. The Bertz CT molecular complexity index is 195. The maximum atomic E-state index is 11.0. The number of aliphatic hydroxyl groups is 1. The topological polar surface area (TPSA) is 55.8 Å². The molecule has 12 heavy (non-hydrogen) atoms. The van der Waals surface area contributed by atoms with Gasteiger partial charge in [0.2, 0.25) is 0 Å². The van der Waals surface area contributed by atoms with Gasteiger partial charge < -0.3 is 14.6 Å². The second-order valence-corrected chi connectivity index (χ2v) is 3.29. The van der Waals surface area contributed by atoms with Crippen molar-refractivity contribution in [1.29, 1.82) is 0 Å². The summed E-state index contributed by atoms with van der Waals surface area (Å²) in [5.74, 6) is -0.743. The van der Waals surface area contributed by atoms with Gasteiger partial charge in [0, 0.05) is 19.3 Å². The SMILES string of the molecule is O=C1CCC2(C[C@@H]1O)OCCO2. The minimum atomic E-state index is -0.892. The molecule has 1 saturated carbocycles. The van der Waals surface area contributed by atoms with Gasteiger partial charge in [0.25, 0.3) is 0 Å². The van der Waals surface area contributed by atoms with E-state index in [1.807, 2.05) is 0 Å². The summed E-state index contributed by atoms with van der Waals surface area (Å²) in [5, 5.41) is 9.29. The summed E-state index contributed by atoms with van der Waals surface area (Å²) in [6, 6.07) is 0. The van der Waals surface area contributed by atoms with Crippen LogP contribution in [0.3, 0.4) is 0 Å². The van der Waals surface area contributed by atoms with Crippen molar-refractivity contribution in [3.05, 3.63) is 0 Å². The number of carbonyl (C=O) groups is 1. The average Bonchev–Trinajstić information content (AvgIpc) is 2.47. The minimum Gasteiger partial charge on any atom is -0.385 e. The fourth-order valence-electron chi connectivity index (χ4n) is 1.75. The zero-order valence-corrected chi connectivity index (χ0v) is 6.78. The van der Waals surface area contributed by atoms with Crippen molar-refractivity contribution in [2.45, 2.75) is 31.2 Å².